The van der Waals surface area contributed by atoms with Gasteiger partial charge in [0, 0.05) is 17.8 Å². The van der Waals surface area contributed by atoms with Crippen LogP contribution < -0.4 is 5.73 Å². The Bertz CT molecular complexity index is 548. The van der Waals surface area contributed by atoms with Crippen LogP contribution in [-0.4, -0.2) is 4.98 Å². The largest absolute Gasteiger partial charge is 0.416 e. The topological polar surface area (TPSA) is 38.9 Å². The minimum Gasteiger partial charge on any atom is -0.323 e. The van der Waals surface area contributed by atoms with Crippen molar-refractivity contribution in [1.29, 1.82) is 0 Å². The molecule has 0 bridgehead atoms. The van der Waals surface area contributed by atoms with Gasteiger partial charge in [-0.25, -0.2) is 0 Å². The molecule has 0 saturated carbocycles. The van der Waals surface area contributed by atoms with Gasteiger partial charge in [-0.3, -0.25) is 4.98 Å². The second kappa shape index (κ2) is 6.24. The van der Waals surface area contributed by atoms with E-state index in [1.165, 1.54) is 12.1 Å². The van der Waals surface area contributed by atoms with Crippen LogP contribution >= 0.6 is 12.4 Å². The molecule has 0 aliphatic rings. The SMILES string of the molecule is C[C@H](N)c1ccc(-c2ccc(C(F)(F)F)cc2)cn1.Cl. The number of halogens is 4. The first kappa shape index (κ1) is 16.5. The Kier molecular flexibility index (Phi) is 5.14. The molecule has 0 fully saturated rings. The number of hydrogen-bond donors (Lipinski definition) is 1. The normalized spacial score (nSPS) is 12.7. The van der Waals surface area contributed by atoms with E-state index in [2.05, 4.69) is 4.98 Å². The van der Waals surface area contributed by atoms with Crippen molar-refractivity contribution in [2.45, 2.75) is 19.1 Å². The summed E-state index contributed by atoms with van der Waals surface area (Å²) in [7, 11) is 0. The van der Waals surface area contributed by atoms with E-state index >= 15 is 0 Å². The molecule has 1 aromatic heterocycles. The van der Waals surface area contributed by atoms with Gasteiger partial charge in [-0.2, -0.15) is 13.2 Å². The predicted octanol–water partition coefficient (Wildman–Crippen LogP) is 4.21. The van der Waals surface area contributed by atoms with Crippen molar-refractivity contribution in [3.8, 4) is 11.1 Å². The third-order valence-electron chi connectivity index (χ3n) is 2.80. The molecular weight excluding hydrogens is 289 g/mol. The van der Waals surface area contributed by atoms with Crippen molar-refractivity contribution in [3.63, 3.8) is 0 Å². The van der Waals surface area contributed by atoms with Gasteiger partial charge in [0.1, 0.15) is 0 Å². The minimum atomic E-state index is -4.31. The van der Waals surface area contributed by atoms with Crippen molar-refractivity contribution in [2.75, 3.05) is 0 Å². The number of nitrogens with two attached hydrogens (primary N) is 1. The van der Waals surface area contributed by atoms with Gasteiger partial charge in [-0.05, 0) is 30.7 Å². The number of nitrogens with zero attached hydrogens (tertiary/aromatic N) is 1. The molecule has 0 aliphatic carbocycles. The highest BCUT2D eigenvalue weighted by molar-refractivity contribution is 5.85. The van der Waals surface area contributed by atoms with E-state index in [-0.39, 0.29) is 18.4 Å². The summed E-state index contributed by atoms with van der Waals surface area (Å²) in [5.41, 5.74) is 7.23. The van der Waals surface area contributed by atoms with Gasteiger partial charge >= 0.3 is 6.18 Å². The molecule has 0 unspecified atom stereocenters. The molecule has 6 heteroatoms. The van der Waals surface area contributed by atoms with Crippen molar-refractivity contribution >= 4 is 12.4 Å². The Morgan fingerprint density at radius 1 is 1.00 bits per heavy atom. The lowest BCUT2D eigenvalue weighted by atomic mass is 10.0. The summed E-state index contributed by atoms with van der Waals surface area (Å²) in [6.45, 7) is 1.82. The fourth-order valence-corrected chi connectivity index (χ4v) is 1.70. The molecule has 0 amide bonds. The molecule has 1 atom stereocenters. The van der Waals surface area contributed by atoms with E-state index in [0.717, 1.165) is 23.4 Å². The average molecular weight is 303 g/mol. The first-order chi connectivity index (χ1) is 8.88. The number of benzene rings is 1. The van der Waals surface area contributed by atoms with E-state index in [9.17, 15) is 13.2 Å². The van der Waals surface area contributed by atoms with Crippen molar-refractivity contribution in [3.05, 3.63) is 53.9 Å². The quantitative estimate of drug-likeness (QED) is 0.902. The standard InChI is InChI=1S/C14H13F3N2.ClH/c1-9(18)13-7-4-11(8-19-13)10-2-5-12(6-3-10)14(15,16)17;/h2-9H,18H2,1H3;1H/t9-;/m0./s1. The van der Waals surface area contributed by atoms with Crippen LogP contribution in [0.4, 0.5) is 13.2 Å². The van der Waals surface area contributed by atoms with Crippen LogP contribution in [-0.2, 0) is 6.18 Å². The Morgan fingerprint density at radius 2 is 1.55 bits per heavy atom. The number of pyridine rings is 1. The molecule has 2 N–H and O–H groups in total. The smallest absolute Gasteiger partial charge is 0.323 e. The van der Waals surface area contributed by atoms with E-state index in [1.54, 1.807) is 18.3 Å². The van der Waals surface area contributed by atoms with Gasteiger partial charge < -0.3 is 5.73 Å². The van der Waals surface area contributed by atoms with Crippen LogP contribution in [0.2, 0.25) is 0 Å². The maximum absolute atomic E-state index is 12.4. The van der Waals surface area contributed by atoms with E-state index < -0.39 is 11.7 Å². The third kappa shape index (κ3) is 3.71. The zero-order valence-electron chi connectivity index (χ0n) is 10.7. The maximum Gasteiger partial charge on any atom is 0.416 e. The molecule has 20 heavy (non-hydrogen) atoms. The second-order valence-electron chi connectivity index (χ2n) is 4.34. The van der Waals surface area contributed by atoms with Gasteiger partial charge in [0.15, 0.2) is 0 Å². The van der Waals surface area contributed by atoms with Crippen LogP contribution in [0.1, 0.15) is 24.2 Å². The fourth-order valence-electron chi connectivity index (χ4n) is 1.70. The summed E-state index contributed by atoms with van der Waals surface area (Å²) in [6.07, 6.45) is -2.70. The van der Waals surface area contributed by atoms with E-state index in [0.29, 0.717) is 5.56 Å². The minimum absolute atomic E-state index is 0. The zero-order valence-corrected chi connectivity index (χ0v) is 11.5. The number of aromatic nitrogens is 1. The van der Waals surface area contributed by atoms with Gasteiger partial charge in [0.2, 0.25) is 0 Å². The van der Waals surface area contributed by atoms with Gasteiger partial charge in [0.05, 0.1) is 11.3 Å². The Labute approximate surface area is 121 Å². The molecule has 1 aromatic carbocycles. The predicted molar refractivity (Wildman–Crippen MR) is 74.5 cm³/mol. The first-order valence-electron chi connectivity index (χ1n) is 5.77. The van der Waals surface area contributed by atoms with Crippen LogP contribution in [0.25, 0.3) is 11.1 Å². The second-order valence-corrected chi connectivity index (χ2v) is 4.34. The maximum atomic E-state index is 12.4. The molecule has 1 heterocycles. The van der Waals surface area contributed by atoms with Crippen molar-refractivity contribution in [2.24, 2.45) is 5.73 Å². The summed E-state index contributed by atoms with van der Waals surface area (Å²) in [6, 6.07) is 8.41. The number of rotatable bonds is 2. The molecule has 0 saturated heterocycles. The molecular formula is C14H14ClF3N2. The lowest BCUT2D eigenvalue weighted by Crippen LogP contribution is -2.06. The van der Waals surface area contributed by atoms with E-state index in [1.807, 2.05) is 6.92 Å². The summed E-state index contributed by atoms with van der Waals surface area (Å²) < 4.78 is 37.3. The molecule has 2 rings (SSSR count). The zero-order chi connectivity index (χ0) is 14.0. The monoisotopic (exact) mass is 302 g/mol. The average Bonchev–Trinajstić information content (AvgIpc) is 2.38. The van der Waals surface area contributed by atoms with Crippen LogP contribution in [0.3, 0.4) is 0 Å². The molecule has 108 valence electrons. The highest BCUT2D eigenvalue weighted by Crippen LogP contribution is 2.30. The Hall–Kier alpha value is -1.59. The lowest BCUT2D eigenvalue weighted by Gasteiger charge is -2.09. The summed E-state index contributed by atoms with van der Waals surface area (Å²) in [5, 5.41) is 0. The molecule has 0 aliphatic heterocycles. The van der Waals surface area contributed by atoms with Crippen LogP contribution in [0.5, 0.6) is 0 Å². The summed E-state index contributed by atoms with van der Waals surface area (Å²) >= 11 is 0. The molecule has 0 radical (unpaired) electrons. The van der Waals surface area contributed by atoms with Gasteiger partial charge in [0.25, 0.3) is 0 Å². The van der Waals surface area contributed by atoms with Crippen molar-refractivity contribution in [1.82, 2.24) is 4.98 Å². The summed E-state index contributed by atoms with van der Waals surface area (Å²) in [5.74, 6) is 0. The van der Waals surface area contributed by atoms with Gasteiger partial charge in [-0.1, -0.05) is 18.2 Å². The Morgan fingerprint density at radius 3 is 1.95 bits per heavy atom. The molecule has 2 nitrogen and oxygen atoms in total. The number of hydrogen-bond acceptors (Lipinski definition) is 2. The van der Waals surface area contributed by atoms with Crippen molar-refractivity contribution < 1.29 is 13.2 Å². The Balaban J connectivity index is 0.00000200. The fraction of sp³-hybridized carbons (Fsp3) is 0.214. The highest BCUT2D eigenvalue weighted by Gasteiger charge is 2.29. The van der Waals surface area contributed by atoms with Crippen LogP contribution in [0, 0.1) is 0 Å². The first-order valence-corrected chi connectivity index (χ1v) is 5.77. The summed E-state index contributed by atoms with van der Waals surface area (Å²) in [4.78, 5) is 4.18. The third-order valence-corrected chi connectivity index (χ3v) is 2.80. The van der Waals surface area contributed by atoms with Gasteiger partial charge in [-0.15, -0.1) is 12.4 Å². The lowest BCUT2D eigenvalue weighted by molar-refractivity contribution is -0.137. The molecule has 2 aromatic rings. The van der Waals surface area contributed by atoms with E-state index in [4.69, 9.17) is 5.73 Å². The highest BCUT2D eigenvalue weighted by atomic mass is 35.5. The number of alkyl halides is 3. The molecule has 0 spiro atoms. The van der Waals surface area contributed by atoms with Crippen LogP contribution in [0.15, 0.2) is 42.6 Å².